The number of anilines is 1. The lowest BCUT2D eigenvalue weighted by Gasteiger charge is -2.14. The molecule has 1 heterocycles. The molecule has 0 saturated heterocycles. The van der Waals surface area contributed by atoms with Gasteiger partial charge in [-0.25, -0.2) is 5.01 Å². The number of nitrogens with one attached hydrogen (secondary N) is 2. The summed E-state index contributed by atoms with van der Waals surface area (Å²) in [5.41, 5.74) is 4.61. The maximum absolute atomic E-state index is 12.6. The van der Waals surface area contributed by atoms with Crippen molar-refractivity contribution in [3.8, 4) is 0 Å². The highest BCUT2D eigenvalue weighted by Crippen LogP contribution is 2.37. The summed E-state index contributed by atoms with van der Waals surface area (Å²) in [5.74, 6) is -0.144. The van der Waals surface area contributed by atoms with E-state index >= 15 is 0 Å². The Morgan fingerprint density at radius 1 is 1.18 bits per heavy atom. The van der Waals surface area contributed by atoms with Crippen LogP contribution in [0.15, 0.2) is 0 Å². The van der Waals surface area contributed by atoms with Gasteiger partial charge in [-0.05, 0) is 37.7 Å². The molecule has 0 unspecified atom stereocenters. The van der Waals surface area contributed by atoms with Gasteiger partial charge in [0.25, 0.3) is 5.91 Å². The predicted octanol–water partition coefficient (Wildman–Crippen LogP) is 2.96. The van der Waals surface area contributed by atoms with Crippen LogP contribution in [-0.2, 0) is 17.6 Å². The zero-order chi connectivity index (χ0) is 16.1. The van der Waals surface area contributed by atoms with Crippen LogP contribution >= 0.6 is 11.3 Å². The first-order valence-corrected chi connectivity index (χ1v) is 8.77. The number of fused-ring (bicyclic) bond motifs is 1. The summed E-state index contributed by atoms with van der Waals surface area (Å²) in [6, 6.07) is 0. The van der Waals surface area contributed by atoms with Crippen molar-refractivity contribution in [2.75, 3.05) is 19.4 Å². The fourth-order valence-electron chi connectivity index (χ4n) is 2.75. The van der Waals surface area contributed by atoms with Crippen molar-refractivity contribution in [3.05, 3.63) is 16.0 Å². The van der Waals surface area contributed by atoms with E-state index in [0.29, 0.717) is 17.0 Å². The molecule has 2 N–H and O–H groups in total. The van der Waals surface area contributed by atoms with E-state index in [2.05, 4.69) is 10.7 Å². The number of rotatable bonds is 5. The first kappa shape index (κ1) is 17.0. The molecule has 1 aliphatic carbocycles. The molecule has 0 radical (unpaired) electrons. The number of hydrogen-bond donors (Lipinski definition) is 2. The fourth-order valence-corrected chi connectivity index (χ4v) is 4.05. The third kappa shape index (κ3) is 4.08. The van der Waals surface area contributed by atoms with Gasteiger partial charge < -0.3 is 5.32 Å². The molecule has 6 heteroatoms. The molecule has 0 bridgehead atoms. The summed E-state index contributed by atoms with van der Waals surface area (Å²) < 4.78 is 0. The fraction of sp³-hybridized carbons (Fsp3) is 0.625. The van der Waals surface area contributed by atoms with Gasteiger partial charge in [0, 0.05) is 25.4 Å². The molecule has 1 aromatic rings. The average molecular weight is 323 g/mol. The van der Waals surface area contributed by atoms with Crippen LogP contribution in [0.4, 0.5) is 5.00 Å². The minimum atomic E-state index is -0.129. The first-order chi connectivity index (χ1) is 10.5. The van der Waals surface area contributed by atoms with Gasteiger partial charge in [0.15, 0.2) is 0 Å². The second-order valence-corrected chi connectivity index (χ2v) is 7.01. The SMILES string of the molecule is CCCC(=O)Nc1sc2c(c1C(=O)NN(C)C)CCCCC2. The molecular weight excluding hydrogens is 298 g/mol. The van der Waals surface area contributed by atoms with Gasteiger partial charge in [-0.2, -0.15) is 0 Å². The number of amides is 2. The van der Waals surface area contributed by atoms with E-state index in [4.69, 9.17) is 0 Å². The zero-order valence-corrected chi connectivity index (χ0v) is 14.4. The van der Waals surface area contributed by atoms with E-state index < -0.39 is 0 Å². The topological polar surface area (TPSA) is 61.4 Å². The summed E-state index contributed by atoms with van der Waals surface area (Å²) in [6.07, 6.45) is 6.68. The lowest BCUT2D eigenvalue weighted by atomic mass is 10.1. The van der Waals surface area contributed by atoms with E-state index in [1.54, 1.807) is 30.4 Å². The van der Waals surface area contributed by atoms with Crippen LogP contribution in [0, 0.1) is 0 Å². The summed E-state index contributed by atoms with van der Waals surface area (Å²) in [6.45, 7) is 1.98. The Kier molecular flexibility index (Phi) is 5.97. The van der Waals surface area contributed by atoms with Crippen LogP contribution in [0.25, 0.3) is 0 Å². The lowest BCUT2D eigenvalue weighted by Crippen LogP contribution is -2.36. The largest absolute Gasteiger partial charge is 0.317 e. The second-order valence-electron chi connectivity index (χ2n) is 5.90. The van der Waals surface area contributed by atoms with Crippen molar-refractivity contribution in [2.24, 2.45) is 0 Å². The molecule has 0 atom stereocenters. The summed E-state index contributed by atoms with van der Waals surface area (Å²) >= 11 is 1.57. The first-order valence-electron chi connectivity index (χ1n) is 7.95. The van der Waals surface area contributed by atoms with Gasteiger partial charge in [-0.3, -0.25) is 15.0 Å². The van der Waals surface area contributed by atoms with Crippen LogP contribution in [-0.4, -0.2) is 30.9 Å². The van der Waals surface area contributed by atoms with E-state index in [0.717, 1.165) is 37.7 Å². The van der Waals surface area contributed by atoms with Crippen molar-refractivity contribution >= 4 is 28.2 Å². The molecule has 0 saturated carbocycles. The number of nitrogens with zero attached hydrogens (tertiary/aromatic N) is 1. The van der Waals surface area contributed by atoms with Crippen molar-refractivity contribution in [1.29, 1.82) is 0 Å². The van der Waals surface area contributed by atoms with Crippen molar-refractivity contribution < 1.29 is 9.59 Å². The Balaban J connectivity index is 2.34. The van der Waals surface area contributed by atoms with Crippen LogP contribution in [0.2, 0.25) is 0 Å². The van der Waals surface area contributed by atoms with Gasteiger partial charge in [-0.1, -0.05) is 13.3 Å². The number of aryl methyl sites for hydroxylation is 1. The third-order valence-corrected chi connectivity index (χ3v) is 4.91. The average Bonchev–Trinajstić information content (AvgIpc) is 2.61. The van der Waals surface area contributed by atoms with Crippen LogP contribution < -0.4 is 10.7 Å². The van der Waals surface area contributed by atoms with Crippen LogP contribution in [0.5, 0.6) is 0 Å². The lowest BCUT2D eigenvalue weighted by molar-refractivity contribution is -0.116. The molecule has 1 aliphatic rings. The van der Waals surface area contributed by atoms with E-state index in [1.807, 2.05) is 6.92 Å². The highest BCUT2D eigenvalue weighted by molar-refractivity contribution is 7.17. The number of carbonyl (C=O) groups excluding carboxylic acids is 2. The maximum atomic E-state index is 12.6. The molecule has 2 amide bonds. The Morgan fingerprint density at radius 3 is 2.59 bits per heavy atom. The minimum Gasteiger partial charge on any atom is -0.317 e. The molecule has 0 spiro atoms. The summed E-state index contributed by atoms with van der Waals surface area (Å²) in [5, 5.41) is 5.30. The van der Waals surface area contributed by atoms with Crippen LogP contribution in [0.3, 0.4) is 0 Å². The smallest absolute Gasteiger partial charge is 0.268 e. The van der Waals surface area contributed by atoms with Gasteiger partial charge in [0.1, 0.15) is 5.00 Å². The van der Waals surface area contributed by atoms with Crippen molar-refractivity contribution in [3.63, 3.8) is 0 Å². The quantitative estimate of drug-likeness (QED) is 0.647. The number of carbonyl (C=O) groups is 2. The molecular formula is C16H25N3O2S. The molecule has 0 aliphatic heterocycles. The van der Waals surface area contributed by atoms with Crippen molar-refractivity contribution in [1.82, 2.24) is 10.4 Å². The number of hydrazine groups is 1. The molecule has 5 nitrogen and oxygen atoms in total. The molecule has 1 aromatic heterocycles. The van der Waals surface area contributed by atoms with Gasteiger partial charge in [-0.15, -0.1) is 11.3 Å². The van der Waals surface area contributed by atoms with Crippen molar-refractivity contribution in [2.45, 2.75) is 51.9 Å². The van der Waals surface area contributed by atoms with Gasteiger partial charge >= 0.3 is 0 Å². The zero-order valence-electron chi connectivity index (χ0n) is 13.6. The summed E-state index contributed by atoms with van der Waals surface area (Å²) in [4.78, 5) is 25.8. The number of thiophene rings is 1. The Morgan fingerprint density at radius 2 is 1.91 bits per heavy atom. The maximum Gasteiger partial charge on any atom is 0.268 e. The molecule has 122 valence electrons. The summed E-state index contributed by atoms with van der Waals surface area (Å²) in [7, 11) is 3.58. The third-order valence-electron chi connectivity index (χ3n) is 3.70. The molecule has 22 heavy (non-hydrogen) atoms. The molecule has 2 rings (SSSR count). The van der Waals surface area contributed by atoms with Crippen LogP contribution in [0.1, 0.15) is 59.8 Å². The molecule has 0 fully saturated rings. The Labute approximate surface area is 136 Å². The second kappa shape index (κ2) is 7.74. The van der Waals surface area contributed by atoms with E-state index in [9.17, 15) is 9.59 Å². The minimum absolute atomic E-state index is 0.0159. The standard InChI is InChI=1S/C16H25N3O2S/c1-4-8-13(20)17-16-14(15(21)18-19(2)3)11-9-6-5-7-10-12(11)22-16/h4-10H2,1-3H3,(H,17,20)(H,18,21). The Bertz CT molecular complexity index is 552. The van der Waals surface area contributed by atoms with Gasteiger partial charge in [0.2, 0.25) is 5.91 Å². The monoisotopic (exact) mass is 323 g/mol. The van der Waals surface area contributed by atoms with E-state index in [-0.39, 0.29) is 11.8 Å². The highest BCUT2D eigenvalue weighted by Gasteiger charge is 2.25. The number of hydrogen-bond acceptors (Lipinski definition) is 4. The van der Waals surface area contributed by atoms with Gasteiger partial charge in [0.05, 0.1) is 5.56 Å². The molecule has 0 aromatic carbocycles. The predicted molar refractivity (Wildman–Crippen MR) is 90.3 cm³/mol. The van der Waals surface area contributed by atoms with E-state index in [1.165, 1.54) is 11.3 Å². The normalized spacial score (nSPS) is 14.4. The highest BCUT2D eigenvalue weighted by atomic mass is 32.1. The Hall–Kier alpha value is -1.40.